The molecule has 0 bridgehead atoms. The monoisotopic (exact) mass is 337 g/mol. The first kappa shape index (κ1) is 11.0. The lowest BCUT2D eigenvalue weighted by atomic mass is 10.1. The van der Waals surface area contributed by atoms with Crippen molar-refractivity contribution >= 4 is 36.3 Å². The molecule has 0 fully saturated rings. The minimum absolute atomic E-state index is 0.185. The van der Waals surface area contributed by atoms with E-state index in [9.17, 15) is 13.5 Å². The molecule has 1 heterocycles. The van der Waals surface area contributed by atoms with Crippen LogP contribution in [-0.2, 0) is 10.0 Å². The summed E-state index contributed by atoms with van der Waals surface area (Å²) in [5, 5.41) is 9.36. The second-order valence-electron chi connectivity index (χ2n) is 3.29. The maximum atomic E-state index is 11.6. The fourth-order valence-electron chi connectivity index (χ4n) is 1.39. The molecule has 15 heavy (non-hydrogen) atoms. The standard InChI is InChI=1S/C9H8INO3S/c1-5(12)6-2-3-7-8(4-6)15(13,14)11-9(7)10/h2-5,12H,1H3. The van der Waals surface area contributed by atoms with Crippen LogP contribution in [0.4, 0.5) is 0 Å². The van der Waals surface area contributed by atoms with Crippen LogP contribution in [0.5, 0.6) is 0 Å². The number of hydrogen-bond acceptors (Lipinski definition) is 3. The Kier molecular flexibility index (Phi) is 2.60. The molecule has 1 aromatic carbocycles. The number of halogens is 1. The summed E-state index contributed by atoms with van der Waals surface area (Å²) in [6, 6.07) is 4.86. The molecule has 80 valence electrons. The average molecular weight is 337 g/mol. The Balaban J connectivity index is 2.68. The van der Waals surface area contributed by atoms with E-state index in [0.29, 0.717) is 14.8 Å². The third-order valence-electron chi connectivity index (χ3n) is 2.19. The van der Waals surface area contributed by atoms with Gasteiger partial charge in [0, 0.05) is 5.56 Å². The maximum absolute atomic E-state index is 11.6. The fraction of sp³-hybridized carbons (Fsp3) is 0.222. The quantitative estimate of drug-likeness (QED) is 0.792. The molecule has 1 aliphatic heterocycles. The molecule has 1 aromatic rings. The minimum Gasteiger partial charge on any atom is -0.389 e. The number of nitrogens with zero attached hydrogens (tertiary/aromatic N) is 1. The predicted octanol–water partition coefficient (Wildman–Crippen LogP) is 1.62. The Labute approximate surface area is 101 Å². The van der Waals surface area contributed by atoms with Gasteiger partial charge < -0.3 is 5.11 Å². The lowest BCUT2D eigenvalue weighted by Crippen LogP contribution is -1.98. The first-order chi connectivity index (χ1) is 6.92. The van der Waals surface area contributed by atoms with Crippen LogP contribution in [0.3, 0.4) is 0 Å². The van der Waals surface area contributed by atoms with Crippen molar-refractivity contribution in [2.45, 2.75) is 17.9 Å². The third-order valence-corrected chi connectivity index (χ3v) is 4.65. The number of aliphatic hydroxyl groups is 1. The van der Waals surface area contributed by atoms with Crippen molar-refractivity contribution in [3.05, 3.63) is 29.3 Å². The first-order valence-corrected chi connectivity index (χ1v) is 6.76. The van der Waals surface area contributed by atoms with Crippen LogP contribution in [-0.4, -0.2) is 17.2 Å². The molecule has 1 atom stereocenters. The summed E-state index contributed by atoms with van der Waals surface area (Å²) >= 11 is 1.89. The van der Waals surface area contributed by atoms with Crippen LogP contribution in [0.15, 0.2) is 27.5 Å². The second-order valence-corrected chi connectivity index (χ2v) is 5.88. The summed E-state index contributed by atoms with van der Waals surface area (Å²) in [6.45, 7) is 1.59. The van der Waals surface area contributed by atoms with E-state index >= 15 is 0 Å². The maximum Gasteiger partial charge on any atom is 0.284 e. The zero-order chi connectivity index (χ0) is 11.2. The number of hydrogen-bond donors (Lipinski definition) is 1. The molecule has 6 heteroatoms. The van der Waals surface area contributed by atoms with Crippen molar-refractivity contribution in [1.29, 1.82) is 0 Å². The van der Waals surface area contributed by atoms with Crippen molar-refractivity contribution in [3.8, 4) is 0 Å². The van der Waals surface area contributed by atoms with Crippen molar-refractivity contribution in [1.82, 2.24) is 0 Å². The number of sulfonamides is 1. The van der Waals surface area contributed by atoms with E-state index in [2.05, 4.69) is 4.40 Å². The Morgan fingerprint density at radius 3 is 2.73 bits per heavy atom. The summed E-state index contributed by atoms with van der Waals surface area (Å²) in [5.74, 6) is 0. The highest BCUT2D eigenvalue weighted by Crippen LogP contribution is 2.31. The molecule has 2 rings (SSSR count). The van der Waals surface area contributed by atoms with Gasteiger partial charge in [0.05, 0.1) is 11.0 Å². The van der Waals surface area contributed by atoms with E-state index < -0.39 is 16.1 Å². The minimum atomic E-state index is -3.54. The van der Waals surface area contributed by atoms with Gasteiger partial charge in [-0.3, -0.25) is 0 Å². The lowest BCUT2D eigenvalue weighted by molar-refractivity contribution is 0.199. The Hall–Kier alpha value is -0.470. The highest BCUT2D eigenvalue weighted by molar-refractivity contribution is 14.1. The molecular weight excluding hydrogens is 329 g/mol. The van der Waals surface area contributed by atoms with Crippen LogP contribution in [0.25, 0.3) is 0 Å². The van der Waals surface area contributed by atoms with Crippen molar-refractivity contribution < 1.29 is 13.5 Å². The molecule has 1 unspecified atom stereocenters. The van der Waals surface area contributed by atoms with E-state index in [1.165, 1.54) is 6.07 Å². The highest BCUT2D eigenvalue weighted by atomic mass is 127. The van der Waals surface area contributed by atoms with Gasteiger partial charge in [-0.1, -0.05) is 12.1 Å². The van der Waals surface area contributed by atoms with Gasteiger partial charge in [-0.15, -0.1) is 0 Å². The second kappa shape index (κ2) is 3.53. The largest absolute Gasteiger partial charge is 0.389 e. The Bertz CT molecular complexity index is 548. The van der Waals surface area contributed by atoms with Crippen LogP contribution >= 0.6 is 22.6 Å². The van der Waals surface area contributed by atoms with Crippen LogP contribution in [0.2, 0.25) is 0 Å². The molecule has 0 aliphatic carbocycles. The van der Waals surface area contributed by atoms with Crippen LogP contribution < -0.4 is 0 Å². The molecule has 0 saturated heterocycles. The summed E-state index contributed by atoms with van der Waals surface area (Å²) < 4.78 is 27.2. The zero-order valence-electron chi connectivity index (χ0n) is 7.81. The van der Waals surface area contributed by atoms with Gasteiger partial charge in [0.25, 0.3) is 10.0 Å². The van der Waals surface area contributed by atoms with Crippen LogP contribution in [0.1, 0.15) is 24.2 Å². The van der Waals surface area contributed by atoms with Gasteiger partial charge >= 0.3 is 0 Å². The summed E-state index contributed by atoms with van der Waals surface area (Å²) in [4.78, 5) is 0.185. The average Bonchev–Trinajstić information content (AvgIpc) is 2.37. The van der Waals surface area contributed by atoms with E-state index in [4.69, 9.17) is 0 Å². The van der Waals surface area contributed by atoms with Gasteiger partial charge in [-0.2, -0.15) is 12.8 Å². The van der Waals surface area contributed by atoms with Crippen molar-refractivity contribution in [2.24, 2.45) is 4.40 Å². The molecule has 0 spiro atoms. The molecule has 0 aromatic heterocycles. The lowest BCUT2D eigenvalue weighted by Gasteiger charge is -2.06. The predicted molar refractivity (Wildman–Crippen MR) is 64.8 cm³/mol. The van der Waals surface area contributed by atoms with E-state index in [-0.39, 0.29) is 4.90 Å². The van der Waals surface area contributed by atoms with Gasteiger partial charge in [-0.25, -0.2) is 0 Å². The van der Waals surface area contributed by atoms with E-state index in [1.807, 2.05) is 22.6 Å². The summed E-state index contributed by atoms with van der Waals surface area (Å²) in [5.41, 5.74) is 1.19. The number of fused-ring (bicyclic) bond motifs is 1. The fourth-order valence-corrected chi connectivity index (χ4v) is 3.95. The van der Waals surface area contributed by atoms with Crippen molar-refractivity contribution in [2.75, 3.05) is 0 Å². The molecule has 1 N–H and O–H groups in total. The number of aliphatic hydroxyl groups excluding tert-OH is 1. The van der Waals surface area contributed by atoms with E-state index in [1.54, 1.807) is 19.1 Å². The topological polar surface area (TPSA) is 66.7 Å². The number of benzene rings is 1. The Morgan fingerprint density at radius 1 is 1.47 bits per heavy atom. The zero-order valence-corrected chi connectivity index (χ0v) is 10.8. The summed E-state index contributed by atoms with van der Waals surface area (Å²) in [6.07, 6.45) is -0.677. The van der Waals surface area contributed by atoms with E-state index in [0.717, 1.165) is 0 Å². The summed E-state index contributed by atoms with van der Waals surface area (Å²) in [7, 11) is -3.54. The van der Waals surface area contributed by atoms with Gasteiger partial charge in [0.15, 0.2) is 0 Å². The first-order valence-electron chi connectivity index (χ1n) is 4.24. The van der Waals surface area contributed by atoms with Gasteiger partial charge in [0.1, 0.15) is 3.72 Å². The van der Waals surface area contributed by atoms with Gasteiger partial charge in [-0.05, 0) is 41.1 Å². The molecule has 1 aliphatic rings. The number of rotatable bonds is 1. The van der Waals surface area contributed by atoms with Crippen molar-refractivity contribution in [3.63, 3.8) is 0 Å². The molecule has 4 nitrogen and oxygen atoms in total. The molecule has 0 saturated carbocycles. The SMILES string of the molecule is CC(O)c1ccc2c(c1)S(=O)(=O)N=C2I. The molecular formula is C9H8INO3S. The molecule has 0 amide bonds. The van der Waals surface area contributed by atoms with Crippen LogP contribution in [0, 0.1) is 0 Å². The Morgan fingerprint density at radius 2 is 2.13 bits per heavy atom. The smallest absolute Gasteiger partial charge is 0.284 e. The highest BCUT2D eigenvalue weighted by Gasteiger charge is 2.27. The van der Waals surface area contributed by atoms with Gasteiger partial charge in [0.2, 0.25) is 0 Å². The normalized spacial score (nSPS) is 19.5. The molecule has 0 radical (unpaired) electrons. The third kappa shape index (κ3) is 1.81.